The van der Waals surface area contributed by atoms with Gasteiger partial charge in [-0.15, -0.1) is 0 Å². The Bertz CT molecular complexity index is 1590. The van der Waals surface area contributed by atoms with E-state index in [9.17, 15) is 8.42 Å². The van der Waals surface area contributed by atoms with Gasteiger partial charge in [0.05, 0.1) is 15.9 Å². The Labute approximate surface area is 191 Å². The fourth-order valence-corrected chi connectivity index (χ4v) is 5.26. The molecule has 0 saturated carbocycles. The minimum Gasteiger partial charge on any atom is -0.383 e. The van der Waals surface area contributed by atoms with E-state index in [4.69, 9.17) is 11.5 Å². The number of rotatable bonds is 5. The standard InChI is InChI=1S/C24H22N6O2S/c1-29(18-8-11-21-20(14-18)23(25)28-24(26)27-21)15-16-6-9-19(10-7-16)33(31,32)30-13-12-17-4-2-3-5-22(17)30/h2-14H,15H2,1H3,(H4,25,26,27,28). The second-order valence-electron chi connectivity index (χ2n) is 7.84. The molecular formula is C24H22N6O2S. The number of nitrogens with two attached hydrogens (primary N) is 2. The van der Waals surface area contributed by atoms with Crippen molar-refractivity contribution in [1.29, 1.82) is 0 Å². The largest absolute Gasteiger partial charge is 0.383 e. The molecule has 2 heterocycles. The molecule has 9 heteroatoms. The van der Waals surface area contributed by atoms with Gasteiger partial charge in [-0.25, -0.2) is 17.4 Å². The molecule has 0 aliphatic heterocycles. The summed E-state index contributed by atoms with van der Waals surface area (Å²) in [5.41, 5.74) is 14.9. The topological polar surface area (TPSA) is 120 Å². The van der Waals surface area contributed by atoms with Crippen LogP contribution < -0.4 is 16.4 Å². The normalized spacial score (nSPS) is 11.8. The molecule has 0 amide bonds. The van der Waals surface area contributed by atoms with Gasteiger partial charge in [-0.05, 0) is 48.0 Å². The summed E-state index contributed by atoms with van der Waals surface area (Å²) in [4.78, 5) is 10.5. The van der Waals surface area contributed by atoms with Gasteiger partial charge in [-0.1, -0.05) is 30.3 Å². The van der Waals surface area contributed by atoms with E-state index in [0.717, 1.165) is 22.0 Å². The number of fused-ring (bicyclic) bond motifs is 2. The zero-order chi connectivity index (χ0) is 23.2. The first-order valence-corrected chi connectivity index (χ1v) is 11.7. The van der Waals surface area contributed by atoms with Crippen LogP contribution in [-0.2, 0) is 16.6 Å². The number of nitrogens with zero attached hydrogens (tertiary/aromatic N) is 4. The summed E-state index contributed by atoms with van der Waals surface area (Å²) in [6.45, 7) is 0.577. The Hall–Kier alpha value is -4.11. The molecule has 0 unspecified atom stereocenters. The van der Waals surface area contributed by atoms with Gasteiger partial charge in [0.2, 0.25) is 5.95 Å². The summed E-state index contributed by atoms with van der Waals surface area (Å²) in [6.07, 6.45) is 1.59. The van der Waals surface area contributed by atoms with Gasteiger partial charge < -0.3 is 16.4 Å². The number of hydrogen-bond acceptors (Lipinski definition) is 7. The minimum atomic E-state index is -3.69. The van der Waals surface area contributed by atoms with E-state index in [1.54, 1.807) is 30.5 Å². The maximum atomic E-state index is 13.2. The first-order valence-electron chi connectivity index (χ1n) is 10.3. The van der Waals surface area contributed by atoms with E-state index in [0.29, 0.717) is 23.4 Å². The van der Waals surface area contributed by atoms with Crippen LogP contribution in [0.25, 0.3) is 21.8 Å². The van der Waals surface area contributed by atoms with Crippen molar-refractivity contribution in [1.82, 2.24) is 13.9 Å². The highest BCUT2D eigenvalue weighted by Gasteiger charge is 2.18. The molecule has 0 radical (unpaired) electrons. The number of hydrogen-bond donors (Lipinski definition) is 2. The molecule has 33 heavy (non-hydrogen) atoms. The molecule has 0 saturated heterocycles. The molecule has 0 fully saturated rings. The van der Waals surface area contributed by atoms with E-state index < -0.39 is 10.0 Å². The lowest BCUT2D eigenvalue weighted by Crippen LogP contribution is -2.17. The van der Waals surface area contributed by atoms with Crippen LogP contribution in [-0.4, -0.2) is 29.4 Å². The van der Waals surface area contributed by atoms with Crippen molar-refractivity contribution >= 4 is 49.3 Å². The van der Waals surface area contributed by atoms with Crippen LogP contribution in [0, 0.1) is 0 Å². The quantitative estimate of drug-likeness (QED) is 0.413. The van der Waals surface area contributed by atoms with E-state index in [1.165, 1.54) is 3.97 Å². The highest BCUT2D eigenvalue weighted by Crippen LogP contribution is 2.26. The molecule has 0 aliphatic carbocycles. The van der Waals surface area contributed by atoms with E-state index in [2.05, 4.69) is 9.97 Å². The van der Waals surface area contributed by atoms with Crippen LogP contribution in [0.1, 0.15) is 5.56 Å². The molecular weight excluding hydrogens is 436 g/mol. The molecule has 8 nitrogen and oxygen atoms in total. The van der Waals surface area contributed by atoms with Crippen LogP contribution in [0.4, 0.5) is 17.5 Å². The fraction of sp³-hybridized carbons (Fsp3) is 0.0833. The van der Waals surface area contributed by atoms with Crippen LogP contribution in [0.2, 0.25) is 0 Å². The van der Waals surface area contributed by atoms with Crippen molar-refractivity contribution in [2.24, 2.45) is 0 Å². The van der Waals surface area contributed by atoms with Gasteiger partial charge in [-0.2, -0.15) is 4.98 Å². The molecule has 5 rings (SSSR count). The van der Waals surface area contributed by atoms with Gasteiger partial charge in [0.25, 0.3) is 10.0 Å². The molecule has 5 aromatic rings. The zero-order valence-electron chi connectivity index (χ0n) is 17.9. The molecule has 4 N–H and O–H groups in total. The Kier molecular flexibility index (Phi) is 4.90. The number of aromatic nitrogens is 3. The van der Waals surface area contributed by atoms with Crippen molar-refractivity contribution < 1.29 is 8.42 Å². The highest BCUT2D eigenvalue weighted by atomic mass is 32.2. The summed E-state index contributed by atoms with van der Waals surface area (Å²) >= 11 is 0. The van der Waals surface area contributed by atoms with Gasteiger partial charge in [0.15, 0.2) is 0 Å². The van der Waals surface area contributed by atoms with Gasteiger partial charge in [0, 0.05) is 36.2 Å². The molecule has 0 bridgehead atoms. The molecule has 2 aromatic heterocycles. The molecule has 0 spiro atoms. The lowest BCUT2D eigenvalue weighted by Gasteiger charge is -2.20. The van der Waals surface area contributed by atoms with Crippen molar-refractivity contribution in [3.8, 4) is 0 Å². The monoisotopic (exact) mass is 458 g/mol. The smallest absolute Gasteiger partial charge is 0.268 e. The fourth-order valence-electron chi connectivity index (χ4n) is 3.91. The lowest BCUT2D eigenvalue weighted by molar-refractivity contribution is 0.589. The molecule has 166 valence electrons. The third-order valence-corrected chi connectivity index (χ3v) is 7.33. The lowest BCUT2D eigenvalue weighted by atomic mass is 10.1. The summed E-state index contributed by atoms with van der Waals surface area (Å²) in [6, 6.07) is 21.8. The average molecular weight is 459 g/mol. The van der Waals surface area contributed by atoms with Crippen molar-refractivity contribution in [2.75, 3.05) is 23.4 Å². The number of benzene rings is 3. The SMILES string of the molecule is CN(Cc1ccc(S(=O)(=O)n2ccc3ccccc32)cc1)c1ccc2nc(N)nc(N)c2c1. The van der Waals surface area contributed by atoms with Crippen LogP contribution in [0.3, 0.4) is 0 Å². The first-order chi connectivity index (χ1) is 15.8. The zero-order valence-corrected chi connectivity index (χ0v) is 18.7. The molecule has 0 atom stereocenters. The first kappa shape index (κ1) is 20.8. The van der Waals surface area contributed by atoms with Crippen LogP contribution in [0.5, 0.6) is 0 Å². The Morgan fingerprint density at radius 3 is 2.48 bits per heavy atom. The summed E-state index contributed by atoms with van der Waals surface area (Å²) in [5, 5.41) is 1.61. The summed E-state index contributed by atoms with van der Waals surface area (Å²) in [5.74, 6) is 0.476. The highest BCUT2D eigenvalue weighted by molar-refractivity contribution is 7.90. The summed E-state index contributed by atoms with van der Waals surface area (Å²) in [7, 11) is -1.74. The Morgan fingerprint density at radius 1 is 0.939 bits per heavy atom. The third-order valence-electron chi connectivity index (χ3n) is 5.63. The average Bonchev–Trinajstić information content (AvgIpc) is 3.24. The number of para-hydroxylation sites is 1. The van der Waals surface area contributed by atoms with Gasteiger partial charge in [-0.3, -0.25) is 0 Å². The van der Waals surface area contributed by atoms with E-state index in [1.807, 2.05) is 60.5 Å². The number of nitrogen functional groups attached to an aromatic ring is 2. The van der Waals surface area contributed by atoms with Gasteiger partial charge >= 0.3 is 0 Å². The summed E-state index contributed by atoms with van der Waals surface area (Å²) < 4.78 is 27.6. The Morgan fingerprint density at radius 2 is 1.70 bits per heavy atom. The van der Waals surface area contributed by atoms with Crippen LogP contribution in [0.15, 0.2) is 83.9 Å². The van der Waals surface area contributed by atoms with Gasteiger partial charge in [0.1, 0.15) is 5.82 Å². The van der Waals surface area contributed by atoms with E-state index in [-0.39, 0.29) is 10.8 Å². The minimum absolute atomic E-state index is 0.143. The van der Waals surface area contributed by atoms with E-state index >= 15 is 0 Å². The maximum Gasteiger partial charge on any atom is 0.268 e. The molecule has 0 aliphatic rings. The second-order valence-corrected chi connectivity index (χ2v) is 9.66. The van der Waals surface area contributed by atoms with Crippen molar-refractivity contribution in [2.45, 2.75) is 11.4 Å². The maximum absolute atomic E-state index is 13.2. The Balaban J connectivity index is 1.39. The predicted molar refractivity (Wildman–Crippen MR) is 131 cm³/mol. The van der Waals surface area contributed by atoms with Crippen LogP contribution >= 0.6 is 0 Å². The second kappa shape index (κ2) is 7.79. The third kappa shape index (κ3) is 3.72. The number of anilines is 3. The molecule has 3 aromatic carbocycles. The van der Waals surface area contributed by atoms with Crippen molar-refractivity contribution in [3.63, 3.8) is 0 Å². The predicted octanol–water partition coefficient (Wildman–Crippen LogP) is 3.62. The van der Waals surface area contributed by atoms with Crippen molar-refractivity contribution in [3.05, 3.63) is 84.6 Å².